The van der Waals surface area contributed by atoms with Gasteiger partial charge in [-0.1, -0.05) is 30.3 Å². The van der Waals surface area contributed by atoms with E-state index < -0.39 is 11.2 Å². The van der Waals surface area contributed by atoms with Crippen LogP contribution in [-0.4, -0.2) is 30.3 Å². The number of benzene rings is 1. The van der Waals surface area contributed by atoms with Crippen molar-refractivity contribution < 1.29 is 23.8 Å². The molecule has 0 heterocycles. The third-order valence-corrected chi connectivity index (χ3v) is 4.89. The third kappa shape index (κ3) is 7.33. The van der Waals surface area contributed by atoms with E-state index in [0.717, 1.165) is 31.2 Å². The summed E-state index contributed by atoms with van der Waals surface area (Å²) in [5.41, 5.74) is 0.0139. The quantitative estimate of drug-likeness (QED) is 0.343. The Morgan fingerprint density at radius 3 is 2.44 bits per heavy atom. The zero-order valence-electron chi connectivity index (χ0n) is 16.7. The molecule has 0 amide bonds. The third-order valence-electron chi connectivity index (χ3n) is 4.89. The smallest absolute Gasteiger partial charge is 0.309 e. The summed E-state index contributed by atoms with van der Waals surface area (Å²) in [4.78, 5) is 23.7. The van der Waals surface area contributed by atoms with Crippen LogP contribution in [-0.2, 0) is 30.4 Å². The number of ether oxygens (including phenoxy) is 3. The lowest BCUT2D eigenvalue weighted by molar-refractivity contribution is -0.166. The number of rotatable bonds is 10. The maximum Gasteiger partial charge on any atom is 0.309 e. The highest BCUT2D eigenvalue weighted by Gasteiger charge is 2.40. The van der Waals surface area contributed by atoms with Crippen molar-refractivity contribution in [1.29, 1.82) is 0 Å². The van der Waals surface area contributed by atoms with E-state index in [9.17, 15) is 9.59 Å². The summed E-state index contributed by atoms with van der Waals surface area (Å²) >= 11 is 0. The molecule has 27 heavy (non-hydrogen) atoms. The maximum absolute atomic E-state index is 12.7. The SMILES string of the molecule is CC(C)(C)OC(=O)C(CCOCc1ccccc1)CC1(OC=O)CCCC1. The molecule has 0 bridgehead atoms. The van der Waals surface area contributed by atoms with Crippen molar-refractivity contribution in [3.05, 3.63) is 35.9 Å². The first kappa shape index (κ1) is 21.4. The van der Waals surface area contributed by atoms with Crippen molar-refractivity contribution in [2.24, 2.45) is 5.92 Å². The minimum atomic E-state index is -0.547. The van der Waals surface area contributed by atoms with Crippen LogP contribution in [0.1, 0.15) is 64.9 Å². The van der Waals surface area contributed by atoms with Crippen molar-refractivity contribution >= 4 is 12.4 Å². The van der Waals surface area contributed by atoms with Crippen molar-refractivity contribution in [2.45, 2.75) is 77.1 Å². The molecule has 0 aromatic heterocycles. The fourth-order valence-corrected chi connectivity index (χ4v) is 3.62. The Balaban J connectivity index is 1.96. The van der Waals surface area contributed by atoms with E-state index in [-0.39, 0.29) is 11.9 Å². The van der Waals surface area contributed by atoms with Gasteiger partial charge in [0.2, 0.25) is 0 Å². The highest BCUT2D eigenvalue weighted by Crippen LogP contribution is 2.39. The van der Waals surface area contributed by atoms with Crippen LogP contribution in [0.4, 0.5) is 0 Å². The van der Waals surface area contributed by atoms with Crippen LogP contribution in [0.25, 0.3) is 0 Å². The van der Waals surface area contributed by atoms with E-state index >= 15 is 0 Å². The van der Waals surface area contributed by atoms with Crippen LogP contribution >= 0.6 is 0 Å². The first-order chi connectivity index (χ1) is 12.8. The molecule has 0 radical (unpaired) electrons. The molecule has 1 unspecified atom stereocenters. The van der Waals surface area contributed by atoms with Crippen LogP contribution < -0.4 is 0 Å². The molecule has 1 aromatic rings. The Hall–Kier alpha value is -1.88. The summed E-state index contributed by atoms with van der Waals surface area (Å²) in [6, 6.07) is 9.94. The van der Waals surface area contributed by atoms with E-state index in [1.807, 2.05) is 51.1 Å². The lowest BCUT2D eigenvalue weighted by atomic mass is 9.87. The Bertz CT molecular complexity index is 584. The average Bonchev–Trinajstić information content (AvgIpc) is 3.06. The Labute approximate surface area is 162 Å². The molecule has 1 saturated carbocycles. The molecule has 5 nitrogen and oxygen atoms in total. The zero-order valence-corrected chi connectivity index (χ0v) is 16.7. The number of carbonyl (C=O) groups excluding carboxylic acids is 2. The minimum Gasteiger partial charge on any atom is -0.461 e. The predicted molar refractivity (Wildman–Crippen MR) is 103 cm³/mol. The summed E-state index contributed by atoms with van der Waals surface area (Å²) in [5, 5.41) is 0. The number of hydrogen-bond donors (Lipinski definition) is 0. The molecule has 150 valence electrons. The molecule has 0 N–H and O–H groups in total. The van der Waals surface area contributed by atoms with Crippen LogP contribution in [0.3, 0.4) is 0 Å². The topological polar surface area (TPSA) is 61.8 Å². The van der Waals surface area contributed by atoms with Crippen LogP contribution in [0.15, 0.2) is 30.3 Å². The Kier molecular flexibility index (Phi) is 7.84. The van der Waals surface area contributed by atoms with Gasteiger partial charge in [-0.2, -0.15) is 0 Å². The molecule has 1 atom stereocenters. The molecule has 5 heteroatoms. The van der Waals surface area contributed by atoms with Gasteiger partial charge in [0, 0.05) is 13.0 Å². The Morgan fingerprint density at radius 2 is 1.85 bits per heavy atom. The van der Waals surface area contributed by atoms with Gasteiger partial charge in [0.1, 0.15) is 11.2 Å². The number of hydrogen-bond acceptors (Lipinski definition) is 5. The fraction of sp³-hybridized carbons (Fsp3) is 0.636. The zero-order chi connectivity index (χ0) is 19.8. The molecule has 0 aliphatic heterocycles. The van der Waals surface area contributed by atoms with Gasteiger partial charge in [-0.25, -0.2) is 0 Å². The molecular weight excluding hydrogens is 344 g/mol. The Morgan fingerprint density at radius 1 is 1.19 bits per heavy atom. The van der Waals surface area contributed by atoms with Crippen LogP contribution in [0, 0.1) is 5.92 Å². The van der Waals surface area contributed by atoms with Crippen LogP contribution in [0.5, 0.6) is 0 Å². The first-order valence-electron chi connectivity index (χ1n) is 9.80. The van der Waals surface area contributed by atoms with Crippen molar-refractivity contribution in [1.82, 2.24) is 0 Å². The fourth-order valence-electron chi connectivity index (χ4n) is 3.62. The van der Waals surface area contributed by atoms with Crippen molar-refractivity contribution in [2.75, 3.05) is 6.61 Å². The van der Waals surface area contributed by atoms with E-state index in [2.05, 4.69) is 0 Å². The average molecular weight is 376 g/mol. The molecule has 2 rings (SSSR count). The molecule has 1 aliphatic carbocycles. The standard InChI is InChI=1S/C22H32O5/c1-21(2,3)27-20(24)19(15-22(26-17-23)12-7-8-13-22)11-14-25-16-18-9-5-4-6-10-18/h4-6,9-10,17,19H,7-8,11-16H2,1-3H3. The second kappa shape index (κ2) is 9.88. The maximum atomic E-state index is 12.7. The van der Waals surface area contributed by atoms with Gasteiger partial charge in [-0.05, 0) is 58.4 Å². The van der Waals surface area contributed by atoms with Gasteiger partial charge in [-0.15, -0.1) is 0 Å². The summed E-state index contributed by atoms with van der Waals surface area (Å²) in [6.07, 6.45) is 4.67. The van der Waals surface area contributed by atoms with Gasteiger partial charge in [0.15, 0.2) is 0 Å². The summed E-state index contributed by atoms with van der Waals surface area (Å²) < 4.78 is 16.8. The van der Waals surface area contributed by atoms with Crippen molar-refractivity contribution in [3.8, 4) is 0 Å². The van der Waals surface area contributed by atoms with Gasteiger partial charge in [0.25, 0.3) is 6.47 Å². The first-order valence-corrected chi connectivity index (χ1v) is 9.80. The normalized spacial score (nSPS) is 17.3. The largest absolute Gasteiger partial charge is 0.461 e. The second-order valence-corrected chi connectivity index (χ2v) is 8.37. The van der Waals surface area contributed by atoms with Gasteiger partial charge >= 0.3 is 5.97 Å². The number of carbonyl (C=O) groups is 2. The highest BCUT2D eigenvalue weighted by molar-refractivity contribution is 5.73. The van der Waals surface area contributed by atoms with Crippen LogP contribution in [0.2, 0.25) is 0 Å². The number of esters is 1. The second-order valence-electron chi connectivity index (χ2n) is 8.37. The van der Waals surface area contributed by atoms with Gasteiger partial charge in [0.05, 0.1) is 12.5 Å². The lowest BCUT2D eigenvalue weighted by Crippen LogP contribution is -2.37. The highest BCUT2D eigenvalue weighted by atomic mass is 16.6. The molecule has 1 aliphatic rings. The molecule has 1 fully saturated rings. The summed E-state index contributed by atoms with van der Waals surface area (Å²) in [6.45, 7) is 7.07. The predicted octanol–water partition coefficient (Wildman–Crippen LogP) is 4.43. The van der Waals surface area contributed by atoms with Crippen molar-refractivity contribution in [3.63, 3.8) is 0 Å². The van der Waals surface area contributed by atoms with E-state index in [1.165, 1.54) is 0 Å². The van der Waals surface area contributed by atoms with Gasteiger partial charge < -0.3 is 14.2 Å². The summed E-state index contributed by atoms with van der Waals surface area (Å²) in [7, 11) is 0. The molecule has 0 spiro atoms. The van der Waals surface area contributed by atoms with E-state index in [1.54, 1.807) is 0 Å². The van der Waals surface area contributed by atoms with E-state index in [4.69, 9.17) is 14.2 Å². The summed E-state index contributed by atoms with van der Waals surface area (Å²) in [5.74, 6) is -0.593. The molecule has 0 saturated heterocycles. The molecular formula is C22H32O5. The minimum absolute atomic E-state index is 0.244. The monoisotopic (exact) mass is 376 g/mol. The van der Waals surface area contributed by atoms with E-state index in [0.29, 0.717) is 32.5 Å². The molecule has 1 aromatic carbocycles. The lowest BCUT2D eigenvalue weighted by Gasteiger charge is -2.32. The van der Waals surface area contributed by atoms with Gasteiger partial charge in [-0.3, -0.25) is 9.59 Å².